The van der Waals surface area contributed by atoms with Gasteiger partial charge >= 0.3 is 0 Å². The van der Waals surface area contributed by atoms with E-state index in [1.165, 1.54) is 30.3 Å². The van der Waals surface area contributed by atoms with E-state index in [2.05, 4.69) is 10.6 Å². The van der Waals surface area contributed by atoms with Crippen LogP contribution in [0.3, 0.4) is 0 Å². The van der Waals surface area contributed by atoms with Crippen molar-refractivity contribution in [2.24, 2.45) is 5.92 Å². The molecule has 132 valence electrons. The summed E-state index contributed by atoms with van der Waals surface area (Å²) in [5.74, 6) is -2.00. The first-order valence-electron chi connectivity index (χ1n) is 7.91. The number of hydrogen-bond acceptors (Lipinski definition) is 2. The van der Waals surface area contributed by atoms with Crippen LogP contribution in [-0.4, -0.2) is 17.9 Å². The highest BCUT2D eigenvalue weighted by atomic mass is 19.1. The smallest absolute Gasteiger partial charge is 0.251 e. The van der Waals surface area contributed by atoms with E-state index in [9.17, 15) is 18.4 Å². The number of carbonyl (C=O) groups excluding carboxylic acids is 2. The zero-order valence-corrected chi connectivity index (χ0v) is 14.3. The predicted molar refractivity (Wildman–Crippen MR) is 92.3 cm³/mol. The summed E-state index contributed by atoms with van der Waals surface area (Å²) in [6.07, 6.45) is 0. The predicted octanol–water partition coefficient (Wildman–Crippen LogP) is 3.67. The van der Waals surface area contributed by atoms with Gasteiger partial charge in [-0.25, -0.2) is 8.78 Å². The fourth-order valence-electron chi connectivity index (χ4n) is 2.25. The number of hydrogen-bond donors (Lipinski definition) is 2. The van der Waals surface area contributed by atoms with Gasteiger partial charge in [0.2, 0.25) is 5.91 Å². The second-order valence-corrected chi connectivity index (χ2v) is 6.16. The van der Waals surface area contributed by atoms with Gasteiger partial charge in [0.25, 0.3) is 5.91 Å². The number of aryl methyl sites for hydroxylation is 1. The third kappa shape index (κ3) is 4.86. The van der Waals surface area contributed by atoms with Crippen molar-refractivity contribution in [2.75, 3.05) is 5.32 Å². The first-order chi connectivity index (χ1) is 11.8. The van der Waals surface area contributed by atoms with Crippen LogP contribution in [0, 0.1) is 24.5 Å². The molecule has 0 radical (unpaired) electrons. The summed E-state index contributed by atoms with van der Waals surface area (Å²) in [5, 5.41) is 5.23. The molecule has 6 heteroatoms. The van der Waals surface area contributed by atoms with Crippen molar-refractivity contribution in [1.82, 2.24) is 5.32 Å². The van der Waals surface area contributed by atoms with Crippen LogP contribution in [0.1, 0.15) is 29.8 Å². The number of benzene rings is 2. The average molecular weight is 346 g/mol. The second kappa shape index (κ2) is 7.88. The van der Waals surface area contributed by atoms with Gasteiger partial charge in [-0.3, -0.25) is 9.59 Å². The molecule has 2 rings (SSSR count). The normalized spacial score (nSPS) is 11.9. The fourth-order valence-corrected chi connectivity index (χ4v) is 2.25. The van der Waals surface area contributed by atoms with Crippen LogP contribution in [0.15, 0.2) is 42.5 Å². The lowest BCUT2D eigenvalue weighted by Crippen LogP contribution is -2.47. The van der Waals surface area contributed by atoms with Gasteiger partial charge in [0.15, 0.2) is 0 Å². The minimum absolute atomic E-state index is 0.195. The standard InChI is InChI=1S/C19H20F2N2O2/c1-11(2)17(23-18(24)13-5-7-14(20)8-6-13)19(25)22-15-9-4-12(3)16(21)10-15/h4-11,17H,1-3H3,(H,22,25)(H,23,24)/t17-/m0/s1. The number of halogens is 2. The molecular formula is C19H20F2N2O2. The Morgan fingerprint density at radius 1 is 1.00 bits per heavy atom. The SMILES string of the molecule is Cc1ccc(NC(=O)[C@@H](NC(=O)c2ccc(F)cc2)C(C)C)cc1F. The van der Waals surface area contributed by atoms with E-state index in [1.807, 2.05) is 0 Å². The molecule has 2 N–H and O–H groups in total. The Balaban J connectivity index is 2.11. The molecule has 2 aromatic carbocycles. The van der Waals surface area contributed by atoms with Crippen LogP contribution >= 0.6 is 0 Å². The highest BCUT2D eigenvalue weighted by molar-refractivity contribution is 6.01. The molecular weight excluding hydrogens is 326 g/mol. The van der Waals surface area contributed by atoms with Crippen LogP contribution in [0.2, 0.25) is 0 Å². The minimum atomic E-state index is -0.818. The molecule has 0 saturated carbocycles. The number of amides is 2. The quantitative estimate of drug-likeness (QED) is 0.868. The molecule has 2 amide bonds. The van der Waals surface area contributed by atoms with Crippen molar-refractivity contribution in [2.45, 2.75) is 26.8 Å². The molecule has 0 fully saturated rings. The molecule has 0 aliphatic rings. The van der Waals surface area contributed by atoms with E-state index in [-0.39, 0.29) is 11.5 Å². The lowest BCUT2D eigenvalue weighted by atomic mass is 10.0. The van der Waals surface area contributed by atoms with Gasteiger partial charge < -0.3 is 10.6 Å². The third-order valence-electron chi connectivity index (χ3n) is 3.78. The summed E-state index contributed by atoms with van der Waals surface area (Å²) in [7, 11) is 0. The lowest BCUT2D eigenvalue weighted by molar-refractivity contribution is -0.118. The van der Waals surface area contributed by atoms with Crippen molar-refractivity contribution in [3.8, 4) is 0 Å². The van der Waals surface area contributed by atoms with Gasteiger partial charge in [0, 0.05) is 11.3 Å². The highest BCUT2D eigenvalue weighted by Gasteiger charge is 2.25. The Bertz CT molecular complexity index is 773. The highest BCUT2D eigenvalue weighted by Crippen LogP contribution is 2.15. The minimum Gasteiger partial charge on any atom is -0.340 e. The maximum atomic E-state index is 13.6. The zero-order chi connectivity index (χ0) is 18.6. The molecule has 2 aromatic rings. The van der Waals surface area contributed by atoms with Gasteiger partial charge in [-0.2, -0.15) is 0 Å². The Morgan fingerprint density at radius 2 is 1.64 bits per heavy atom. The van der Waals surface area contributed by atoms with E-state index in [0.29, 0.717) is 11.3 Å². The number of carbonyl (C=O) groups is 2. The molecule has 0 aliphatic carbocycles. The maximum absolute atomic E-state index is 13.6. The first kappa shape index (κ1) is 18.6. The molecule has 0 saturated heterocycles. The number of rotatable bonds is 5. The second-order valence-electron chi connectivity index (χ2n) is 6.16. The molecule has 0 unspecified atom stereocenters. The van der Waals surface area contributed by atoms with Crippen molar-refractivity contribution in [3.63, 3.8) is 0 Å². The summed E-state index contributed by atoms with van der Waals surface area (Å²) in [5.41, 5.74) is 1.04. The molecule has 25 heavy (non-hydrogen) atoms. The Hall–Kier alpha value is -2.76. The van der Waals surface area contributed by atoms with Gasteiger partial charge in [-0.1, -0.05) is 19.9 Å². The average Bonchev–Trinajstić information content (AvgIpc) is 2.56. The van der Waals surface area contributed by atoms with Gasteiger partial charge in [0.1, 0.15) is 17.7 Å². The lowest BCUT2D eigenvalue weighted by Gasteiger charge is -2.22. The third-order valence-corrected chi connectivity index (χ3v) is 3.78. The molecule has 0 spiro atoms. The molecule has 0 bridgehead atoms. The van der Waals surface area contributed by atoms with Crippen LogP contribution in [0.25, 0.3) is 0 Å². The topological polar surface area (TPSA) is 58.2 Å². The van der Waals surface area contributed by atoms with E-state index < -0.39 is 29.5 Å². The monoisotopic (exact) mass is 346 g/mol. The summed E-state index contributed by atoms with van der Waals surface area (Å²) in [4.78, 5) is 24.7. The molecule has 0 heterocycles. The zero-order valence-electron chi connectivity index (χ0n) is 14.3. The molecule has 1 atom stereocenters. The molecule has 0 aromatic heterocycles. The van der Waals surface area contributed by atoms with Crippen molar-refractivity contribution in [3.05, 3.63) is 65.2 Å². The van der Waals surface area contributed by atoms with Gasteiger partial charge in [0.05, 0.1) is 0 Å². The van der Waals surface area contributed by atoms with E-state index >= 15 is 0 Å². The van der Waals surface area contributed by atoms with E-state index in [0.717, 1.165) is 0 Å². The van der Waals surface area contributed by atoms with E-state index in [4.69, 9.17) is 0 Å². The van der Waals surface area contributed by atoms with Crippen LogP contribution < -0.4 is 10.6 Å². The first-order valence-corrected chi connectivity index (χ1v) is 7.91. The van der Waals surface area contributed by atoms with Crippen LogP contribution in [-0.2, 0) is 4.79 Å². The number of anilines is 1. The Labute approximate surface area is 145 Å². The van der Waals surface area contributed by atoms with Crippen molar-refractivity contribution in [1.29, 1.82) is 0 Å². The van der Waals surface area contributed by atoms with Crippen LogP contribution in [0.5, 0.6) is 0 Å². The summed E-state index contributed by atoms with van der Waals surface area (Å²) in [6, 6.07) is 8.60. The largest absolute Gasteiger partial charge is 0.340 e. The van der Waals surface area contributed by atoms with Gasteiger partial charge in [-0.05, 0) is 54.8 Å². The summed E-state index contributed by atoms with van der Waals surface area (Å²) in [6.45, 7) is 5.19. The summed E-state index contributed by atoms with van der Waals surface area (Å²) >= 11 is 0. The van der Waals surface area contributed by atoms with Crippen molar-refractivity contribution >= 4 is 17.5 Å². The molecule has 4 nitrogen and oxygen atoms in total. The maximum Gasteiger partial charge on any atom is 0.251 e. The summed E-state index contributed by atoms with van der Waals surface area (Å²) < 4.78 is 26.5. The van der Waals surface area contributed by atoms with Crippen LogP contribution in [0.4, 0.5) is 14.5 Å². The fraction of sp³-hybridized carbons (Fsp3) is 0.263. The van der Waals surface area contributed by atoms with Crippen molar-refractivity contribution < 1.29 is 18.4 Å². The van der Waals surface area contributed by atoms with Gasteiger partial charge in [-0.15, -0.1) is 0 Å². The number of nitrogens with one attached hydrogen (secondary N) is 2. The Kier molecular flexibility index (Phi) is 5.85. The Morgan fingerprint density at radius 3 is 2.20 bits per heavy atom. The van der Waals surface area contributed by atoms with E-state index in [1.54, 1.807) is 32.9 Å². The molecule has 0 aliphatic heterocycles.